The number of carbonyl (C=O) groups is 1. The smallest absolute Gasteiger partial charge is 0.318 e. The van der Waals surface area contributed by atoms with Crippen molar-refractivity contribution >= 4 is 6.03 Å². The number of furan rings is 1. The molecule has 0 radical (unpaired) electrons. The minimum absolute atomic E-state index is 0.00634. The van der Waals surface area contributed by atoms with Crippen molar-refractivity contribution in [2.24, 2.45) is 0 Å². The van der Waals surface area contributed by atoms with Crippen LogP contribution < -0.4 is 5.32 Å². The zero-order valence-corrected chi connectivity index (χ0v) is 14.2. The first-order valence-electron chi connectivity index (χ1n) is 8.53. The van der Waals surface area contributed by atoms with E-state index in [1.54, 1.807) is 6.92 Å². The molecule has 2 aromatic heterocycles. The third kappa shape index (κ3) is 3.96. The minimum atomic E-state index is -0.0628. The van der Waals surface area contributed by atoms with Crippen LogP contribution in [0.25, 0.3) is 0 Å². The summed E-state index contributed by atoms with van der Waals surface area (Å²) in [6.45, 7) is 4.92. The molecule has 1 fully saturated rings. The van der Waals surface area contributed by atoms with Crippen LogP contribution in [-0.4, -0.2) is 34.2 Å². The van der Waals surface area contributed by atoms with Gasteiger partial charge in [0.1, 0.15) is 11.5 Å². The molecule has 0 aromatic carbocycles. The number of urea groups is 1. The lowest BCUT2D eigenvalue weighted by atomic mass is 10.1. The second kappa shape index (κ2) is 7.51. The fourth-order valence-electron chi connectivity index (χ4n) is 3.10. The van der Waals surface area contributed by atoms with Gasteiger partial charge in [0.15, 0.2) is 5.82 Å². The summed E-state index contributed by atoms with van der Waals surface area (Å²) in [6, 6.07) is 3.88. The van der Waals surface area contributed by atoms with Crippen LogP contribution in [0.3, 0.4) is 0 Å². The molecule has 3 heterocycles. The molecule has 0 aliphatic carbocycles. The van der Waals surface area contributed by atoms with E-state index in [-0.39, 0.29) is 12.1 Å². The molecular weight excluding hydrogens is 308 g/mol. The Labute approximate surface area is 141 Å². The van der Waals surface area contributed by atoms with Crippen molar-refractivity contribution in [3.63, 3.8) is 0 Å². The fourth-order valence-corrected chi connectivity index (χ4v) is 3.10. The van der Waals surface area contributed by atoms with Crippen molar-refractivity contribution in [2.75, 3.05) is 13.1 Å². The Hall–Kier alpha value is -2.31. The lowest BCUT2D eigenvalue weighted by Crippen LogP contribution is -2.42. The lowest BCUT2D eigenvalue weighted by molar-refractivity contribution is 0.165. The summed E-state index contributed by atoms with van der Waals surface area (Å²) in [6.07, 6.45) is 4.73. The third-order valence-electron chi connectivity index (χ3n) is 4.29. The van der Waals surface area contributed by atoms with Gasteiger partial charge in [-0.1, -0.05) is 18.0 Å². The van der Waals surface area contributed by atoms with Crippen LogP contribution in [0.4, 0.5) is 4.79 Å². The van der Waals surface area contributed by atoms with Crippen molar-refractivity contribution in [3.05, 3.63) is 35.4 Å². The predicted molar refractivity (Wildman–Crippen MR) is 87.5 cm³/mol. The van der Waals surface area contributed by atoms with Gasteiger partial charge in [-0.05, 0) is 38.8 Å². The SMILES string of the molecule is Cc1noc(CCNC(=O)N2CCCCC[C@@H]2c2ccc(C)o2)n1. The average molecular weight is 332 g/mol. The van der Waals surface area contributed by atoms with Crippen molar-refractivity contribution in [1.82, 2.24) is 20.4 Å². The number of likely N-dealkylation sites (tertiary alicyclic amines) is 1. The van der Waals surface area contributed by atoms with Gasteiger partial charge in [-0.2, -0.15) is 4.98 Å². The highest BCUT2D eigenvalue weighted by molar-refractivity contribution is 5.74. The van der Waals surface area contributed by atoms with Crippen LogP contribution in [0.15, 0.2) is 21.1 Å². The maximum atomic E-state index is 12.6. The Morgan fingerprint density at radius 1 is 1.33 bits per heavy atom. The number of hydrogen-bond acceptors (Lipinski definition) is 5. The van der Waals surface area contributed by atoms with Crippen LogP contribution in [0.1, 0.15) is 55.0 Å². The molecule has 2 amide bonds. The van der Waals surface area contributed by atoms with Gasteiger partial charge in [0.2, 0.25) is 5.89 Å². The monoisotopic (exact) mass is 332 g/mol. The molecule has 3 rings (SSSR count). The molecule has 1 atom stereocenters. The molecule has 2 aromatic rings. The first kappa shape index (κ1) is 16.5. The molecule has 7 nitrogen and oxygen atoms in total. The van der Waals surface area contributed by atoms with E-state index in [4.69, 9.17) is 8.94 Å². The van der Waals surface area contributed by atoms with Crippen LogP contribution in [0.5, 0.6) is 0 Å². The molecule has 0 unspecified atom stereocenters. The third-order valence-corrected chi connectivity index (χ3v) is 4.29. The van der Waals surface area contributed by atoms with Gasteiger partial charge in [0.25, 0.3) is 0 Å². The molecule has 24 heavy (non-hydrogen) atoms. The molecule has 0 bridgehead atoms. The number of aromatic nitrogens is 2. The number of carbonyl (C=O) groups excluding carboxylic acids is 1. The van der Waals surface area contributed by atoms with Crippen molar-refractivity contribution < 1.29 is 13.7 Å². The van der Waals surface area contributed by atoms with Crippen LogP contribution in [0.2, 0.25) is 0 Å². The van der Waals surface area contributed by atoms with Gasteiger partial charge in [0.05, 0.1) is 6.04 Å². The van der Waals surface area contributed by atoms with E-state index in [9.17, 15) is 4.79 Å². The van der Waals surface area contributed by atoms with E-state index >= 15 is 0 Å². The molecule has 7 heteroatoms. The largest absolute Gasteiger partial charge is 0.464 e. The van der Waals surface area contributed by atoms with E-state index in [1.807, 2.05) is 24.0 Å². The molecular formula is C17H24N4O3. The highest BCUT2D eigenvalue weighted by Gasteiger charge is 2.28. The Morgan fingerprint density at radius 3 is 2.92 bits per heavy atom. The average Bonchev–Trinajstić information content (AvgIpc) is 3.08. The second-order valence-corrected chi connectivity index (χ2v) is 6.22. The maximum Gasteiger partial charge on any atom is 0.318 e. The van der Waals surface area contributed by atoms with Crippen molar-refractivity contribution in [2.45, 2.75) is 52.0 Å². The summed E-state index contributed by atoms with van der Waals surface area (Å²) < 4.78 is 10.8. The Morgan fingerprint density at radius 2 is 2.21 bits per heavy atom. The summed E-state index contributed by atoms with van der Waals surface area (Å²) >= 11 is 0. The zero-order chi connectivity index (χ0) is 16.9. The number of aryl methyl sites for hydroxylation is 2. The first-order chi connectivity index (χ1) is 11.6. The van der Waals surface area contributed by atoms with E-state index < -0.39 is 0 Å². The Kier molecular flexibility index (Phi) is 5.17. The van der Waals surface area contributed by atoms with Crippen LogP contribution in [-0.2, 0) is 6.42 Å². The number of nitrogens with zero attached hydrogens (tertiary/aromatic N) is 3. The summed E-state index contributed by atoms with van der Waals surface area (Å²) in [5.74, 6) is 2.90. The highest BCUT2D eigenvalue weighted by atomic mass is 16.5. The highest BCUT2D eigenvalue weighted by Crippen LogP contribution is 2.31. The summed E-state index contributed by atoms with van der Waals surface area (Å²) in [7, 11) is 0. The Bertz CT molecular complexity index is 679. The molecule has 130 valence electrons. The number of nitrogens with one attached hydrogen (secondary N) is 1. The van der Waals surface area contributed by atoms with Gasteiger partial charge in [-0.3, -0.25) is 0 Å². The van der Waals surface area contributed by atoms with Crippen molar-refractivity contribution in [1.29, 1.82) is 0 Å². The van der Waals surface area contributed by atoms with Crippen molar-refractivity contribution in [3.8, 4) is 0 Å². The first-order valence-corrected chi connectivity index (χ1v) is 8.53. The second-order valence-electron chi connectivity index (χ2n) is 6.22. The van der Waals surface area contributed by atoms with E-state index in [0.717, 1.165) is 43.7 Å². The molecule has 1 N–H and O–H groups in total. The van der Waals surface area contributed by atoms with Crippen LogP contribution >= 0.6 is 0 Å². The normalized spacial score (nSPS) is 18.4. The minimum Gasteiger partial charge on any atom is -0.464 e. The number of hydrogen-bond donors (Lipinski definition) is 1. The number of rotatable bonds is 4. The molecule has 1 aliphatic heterocycles. The Balaban J connectivity index is 1.61. The zero-order valence-electron chi connectivity index (χ0n) is 14.2. The lowest BCUT2D eigenvalue weighted by Gasteiger charge is -2.28. The quantitative estimate of drug-likeness (QED) is 0.929. The van der Waals surface area contributed by atoms with Gasteiger partial charge in [-0.25, -0.2) is 4.79 Å². The molecule has 1 aliphatic rings. The van der Waals surface area contributed by atoms with Gasteiger partial charge in [-0.15, -0.1) is 0 Å². The van der Waals surface area contributed by atoms with Gasteiger partial charge >= 0.3 is 6.03 Å². The maximum absolute atomic E-state index is 12.6. The standard InChI is InChI=1S/C17H24N4O3/c1-12-7-8-15(23-12)14-6-4-3-5-11-21(14)17(22)18-10-9-16-19-13(2)20-24-16/h7-8,14H,3-6,9-11H2,1-2H3,(H,18,22)/t14-/m1/s1. The van der Waals surface area contributed by atoms with Gasteiger partial charge < -0.3 is 19.2 Å². The topological polar surface area (TPSA) is 84.4 Å². The van der Waals surface area contributed by atoms with Crippen LogP contribution in [0, 0.1) is 13.8 Å². The molecule has 1 saturated heterocycles. The van der Waals surface area contributed by atoms with E-state index in [0.29, 0.717) is 24.7 Å². The van der Waals surface area contributed by atoms with E-state index in [2.05, 4.69) is 15.5 Å². The summed E-state index contributed by atoms with van der Waals surface area (Å²) in [5.41, 5.74) is 0. The summed E-state index contributed by atoms with van der Waals surface area (Å²) in [4.78, 5) is 18.7. The van der Waals surface area contributed by atoms with Gasteiger partial charge in [0, 0.05) is 19.5 Å². The van der Waals surface area contributed by atoms with E-state index in [1.165, 1.54) is 0 Å². The number of amides is 2. The molecule has 0 saturated carbocycles. The predicted octanol–water partition coefficient (Wildman–Crippen LogP) is 3.15. The fraction of sp³-hybridized carbons (Fsp3) is 0.588. The summed E-state index contributed by atoms with van der Waals surface area (Å²) in [5, 5.41) is 6.71. The molecule has 0 spiro atoms.